The molecule has 0 radical (unpaired) electrons. The van der Waals surface area contributed by atoms with Crippen molar-refractivity contribution < 1.29 is 13.2 Å². The van der Waals surface area contributed by atoms with Gasteiger partial charge >= 0.3 is 0 Å². The van der Waals surface area contributed by atoms with Crippen LogP contribution >= 0.6 is 22.7 Å². The third-order valence-electron chi connectivity index (χ3n) is 2.41. The Hall–Kier alpha value is -1.29. The van der Waals surface area contributed by atoms with E-state index < -0.39 is 22.0 Å². The summed E-state index contributed by atoms with van der Waals surface area (Å²) in [5.41, 5.74) is 2.42. The van der Waals surface area contributed by atoms with Crippen LogP contribution in [0.15, 0.2) is 32.6 Å². The van der Waals surface area contributed by atoms with Gasteiger partial charge in [0.1, 0.15) is 4.21 Å². The third kappa shape index (κ3) is 3.85. The van der Waals surface area contributed by atoms with Crippen molar-refractivity contribution in [1.29, 1.82) is 0 Å². The Balaban J connectivity index is 1.91. The zero-order valence-electron chi connectivity index (χ0n) is 10.6. The molecule has 0 aliphatic carbocycles. The average molecular weight is 331 g/mol. The van der Waals surface area contributed by atoms with Gasteiger partial charge in [-0.3, -0.25) is 4.79 Å². The molecule has 1 atom stereocenters. The molecule has 2 rings (SSSR count). The van der Waals surface area contributed by atoms with Crippen LogP contribution in [0.25, 0.3) is 0 Å². The summed E-state index contributed by atoms with van der Waals surface area (Å²) in [7, 11) is -3.64. The molecule has 2 aromatic heterocycles. The van der Waals surface area contributed by atoms with Crippen LogP contribution in [-0.4, -0.2) is 25.4 Å². The standard InChI is InChI=1S/C11H13N3O3S3/c1-8(11(15)12-5-9-6-18-7-13-9)14-20(16,17)10-3-2-4-19-10/h2-4,6-8,14H,5H2,1H3,(H,12,15)/t8-/m0/s1. The van der Waals surface area contributed by atoms with E-state index in [9.17, 15) is 13.2 Å². The smallest absolute Gasteiger partial charge is 0.250 e. The van der Waals surface area contributed by atoms with E-state index in [0.29, 0.717) is 0 Å². The van der Waals surface area contributed by atoms with Crippen LogP contribution in [0.3, 0.4) is 0 Å². The molecule has 0 spiro atoms. The number of thiazole rings is 1. The van der Waals surface area contributed by atoms with Gasteiger partial charge in [0, 0.05) is 5.38 Å². The summed E-state index contributed by atoms with van der Waals surface area (Å²) < 4.78 is 26.4. The largest absolute Gasteiger partial charge is 0.349 e. The molecule has 0 fully saturated rings. The minimum absolute atomic E-state index is 0.191. The van der Waals surface area contributed by atoms with Crippen molar-refractivity contribution in [1.82, 2.24) is 15.0 Å². The Kier molecular flexibility index (Phi) is 4.86. The van der Waals surface area contributed by atoms with Crippen molar-refractivity contribution in [3.8, 4) is 0 Å². The maximum absolute atomic E-state index is 11.9. The van der Waals surface area contributed by atoms with Gasteiger partial charge in [0.25, 0.3) is 10.0 Å². The van der Waals surface area contributed by atoms with Gasteiger partial charge in [-0.15, -0.1) is 22.7 Å². The third-order valence-corrected chi connectivity index (χ3v) is 5.99. The molecule has 0 bridgehead atoms. The molecule has 0 aliphatic rings. The quantitative estimate of drug-likeness (QED) is 0.832. The highest BCUT2D eigenvalue weighted by molar-refractivity contribution is 7.91. The van der Waals surface area contributed by atoms with Crippen molar-refractivity contribution in [2.45, 2.75) is 23.7 Å². The van der Waals surface area contributed by atoms with Gasteiger partial charge in [0.15, 0.2) is 0 Å². The number of hydrogen-bond donors (Lipinski definition) is 2. The van der Waals surface area contributed by atoms with Gasteiger partial charge in [-0.2, -0.15) is 4.72 Å². The molecule has 2 heterocycles. The fourth-order valence-electron chi connectivity index (χ4n) is 1.42. The summed E-state index contributed by atoms with van der Waals surface area (Å²) in [5, 5.41) is 6.12. The molecule has 0 saturated heterocycles. The van der Waals surface area contributed by atoms with Crippen molar-refractivity contribution in [3.05, 3.63) is 34.1 Å². The number of hydrogen-bond acceptors (Lipinski definition) is 6. The highest BCUT2D eigenvalue weighted by Crippen LogP contribution is 2.15. The lowest BCUT2D eigenvalue weighted by Gasteiger charge is -2.13. The fraction of sp³-hybridized carbons (Fsp3) is 0.273. The molecule has 1 amide bonds. The lowest BCUT2D eigenvalue weighted by Crippen LogP contribution is -2.44. The number of carbonyl (C=O) groups is 1. The molecule has 0 unspecified atom stereocenters. The van der Waals surface area contributed by atoms with Crippen molar-refractivity contribution >= 4 is 38.6 Å². The molecule has 9 heteroatoms. The predicted octanol–water partition coefficient (Wildman–Crippen LogP) is 1.19. The zero-order chi connectivity index (χ0) is 14.6. The highest BCUT2D eigenvalue weighted by atomic mass is 32.2. The topological polar surface area (TPSA) is 88.2 Å². The molecular formula is C11H13N3O3S3. The van der Waals surface area contributed by atoms with Crippen LogP contribution in [0.1, 0.15) is 12.6 Å². The van der Waals surface area contributed by atoms with E-state index in [0.717, 1.165) is 17.0 Å². The van der Waals surface area contributed by atoms with Crippen molar-refractivity contribution in [2.75, 3.05) is 0 Å². The minimum atomic E-state index is -3.64. The number of thiophene rings is 1. The summed E-state index contributed by atoms with van der Waals surface area (Å²) in [6.07, 6.45) is 0. The van der Waals surface area contributed by atoms with Crippen molar-refractivity contribution in [3.63, 3.8) is 0 Å². The Bertz CT molecular complexity index is 650. The van der Waals surface area contributed by atoms with E-state index >= 15 is 0 Å². The maximum atomic E-state index is 11.9. The fourth-order valence-corrected chi connectivity index (χ4v) is 4.19. The van der Waals surface area contributed by atoms with Gasteiger partial charge < -0.3 is 5.32 Å². The number of nitrogens with zero attached hydrogens (tertiary/aromatic N) is 1. The molecule has 2 aromatic rings. The summed E-state index contributed by atoms with van der Waals surface area (Å²) in [6.45, 7) is 1.79. The van der Waals surface area contributed by atoms with Crippen LogP contribution in [-0.2, 0) is 21.4 Å². The Morgan fingerprint density at radius 3 is 2.90 bits per heavy atom. The summed E-state index contributed by atoms with van der Waals surface area (Å²) in [4.78, 5) is 15.9. The van der Waals surface area contributed by atoms with Crippen LogP contribution in [0.5, 0.6) is 0 Å². The number of amides is 1. The van der Waals surface area contributed by atoms with E-state index in [1.165, 1.54) is 24.3 Å². The molecule has 20 heavy (non-hydrogen) atoms. The average Bonchev–Trinajstić information content (AvgIpc) is 3.08. The maximum Gasteiger partial charge on any atom is 0.250 e. The molecule has 0 saturated carbocycles. The Labute approximate surface area is 124 Å². The van der Waals surface area contributed by atoms with E-state index in [1.54, 1.807) is 17.0 Å². The first kappa shape index (κ1) is 15.1. The second kappa shape index (κ2) is 6.44. The van der Waals surface area contributed by atoms with Crippen molar-refractivity contribution in [2.24, 2.45) is 0 Å². The number of sulfonamides is 1. The van der Waals surface area contributed by atoms with E-state index in [4.69, 9.17) is 0 Å². The van der Waals surface area contributed by atoms with E-state index in [-0.39, 0.29) is 10.8 Å². The van der Waals surface area contributed by atoms with Crippen LogP contribution in [0.2, 0.25) is 0 Å². The lowest BCUT2D eigenvalue weighted by molar-refractivity contribution is -0.122. The number of rotatable bonds is 6. The second-order valence-electron chi connectivity index (χ2n) is 3.97. The van der Waals surface area contributed by atoms with E-state index in [1.807, 2.05) is 5.38 Å². The zero-order valence-corrected chi connectivity index (χ0v) is 13.0. The molecule has 108 valence electrons. The van der Waals surface area contributed by atoms with Gasteiger partial charge in [0.05, 0.1) is 23.8 Å². The van der Waals surface area contributed by atoms with Crippen LogP contribution < -0.4 is 10.0 Å². The molecule has 2 N–H and O–H groups in total. The molecule has 0 aliphatic heterocycles. The summed E-state index contributed by atoms with van der Waals surface area (Å²) in [6, 6.07) is 2.29. The first-order chi connectivity index (χ1) is 9.49. The van der Waals surface area contributed by atoms with Gasteiger partial charge in [0.2, 0.25) is 5.91 Å². The number of carbonyl (C=O) groups excluding carboxylic acids is 1. The van der Waals surface area contributed by atoms with Gasteiger partial charge in [-0.1, -0.05) is 6.07 Å². The molecule has 0 aromatic carbocycles. The monoisotopic (exact) mass is 331 g/mol. The Morgan fingerprint density at radius 1 is 1.50 bits per heavy atom. The van der Waals surface area contributed by atoms with Gasteiger partial charge in [-0.05, 0) is 18.4 Å². The molecule has 6 nitrogen and oxygen atoms in total. The number of aromatic nitrogens is 1. The van der Waals surface area contributed by atoms with Crippen LogP contribution in [0, 0.1) is 0 Å². The highest BCUT2D eigenvalue weighted by Gasteiger charge is 2.22. The van der Waals surface area contributed by atoms with Gasteiger partial charge in [-0.25, -0.2) is 13.4 Å². The van der Waals surface area contributed by atoms with E-state index in [2.05, 4.69) is 15.0 Å². The SMILES string of the molecule is C[C@H](NS(=O)(=O)c1cccs1)C(=O)NCc1cscn1. The summed E-state index contributed by atoms with van der Waals surface area (Å²) in [5.74, 6) is -0.391. The normalized spacial score (nSPS) is 13.1. The second-order valence-corrected chi connectivity index (χ2v) is 7.58. The Morgan fingerprint density at radius 2 is 2.30 bits per heavy atom. The number of nitrogens with one attached hydrogen (secondary N) is 2. The predicted molar refractivity (Wildman–Crippen MR) is 78.1 cm³/mol. The first-order valence-electron chi connectivity index (χ1n) is 5.69. The minimum Gasteiger partial charge on any atom is -0.349 e. The lowest BCUT2D eigenvalue weighted by atomic mass is 10.3. The molecular weight excluding hydrogens is 318 g/mol. The first-order valence-corrected chi connectivity index (χ1v) is 9.00. The van der Waals surface area contributed by atoms with Crippen LogP contribution in [0.4, 0.5) is 0 Å². The summed E-state index contributed by atoms with van der Waals surface area (Å²) >= 11 is 2.54.